The summed E-state index contributed by atoms with van der Waals surface area (Å²) in [7, 11) is 1.42. The van der Waals surface area contributed by atoms with Crippen LogP contribution in [0.3, 0.4) is 0 Å². The van der Waals surface area contributed by atoms with Gasteiger partial charge in [0.15, 0.2) is 0 Å². The molecule has 0 aliphatic heterocycles. The largest absolute Gasteiger partial charge is 0.466 e. The number of methoxy groups -OCH3 is 1. The zero-order chi connectivity index (χ0) is 11.8. The quantitative estimate of drug-likeness (QED) is 0.559. The van der Waals surface area contributed by atoms with E-state index in [1.54, 1.807) is 0 Å². The molecule has 0 unspecified atom stereocenters. The number of hydrogen-bond donors (Lipinski definition) is 0. The second kappa shape index (κ2) is 6.83. The Bertz CT molecular complexity index is 352. The van der Waals surface area contributed by atoms with Gasteiger partial charge in [0.1, 0.15) is 0 Å². The van der Waals surface area contributed by atoms with Gasteiger partial charge in [0.25, 0.3) is 0 Å². The molecule has 1 rings (SSSR count). The van der Waals surface area contributed by atoms with Crippen LogP contribution in [-0.2, 0) is 9.53 Å². The number of benzene rings is 1. The molecule has 0 bridgehead atoms. The zero-order valence-electron chi connectivity index (χ0n) is 9.90. The average Bonchev–Trinajstić information content (AvgIpc) is 2.34. The third-order valence-electron chi connectivity index (χ3n) is 2.39. The lowest BCUT2D eigenvalue weighted by atomic mass is 10.1. The molecule has 2 nitrogen and oxygen atoms in total. The van der Waals surface area contributed by atoms with Crippen molar-refractivity contribution >= 4 is 12.0 Å². The van der Waals surface area contributed by atoms with Crippen LogP contribution in [0, 0.1) is 0 Å². The lowest BCUT2D eigenvalue weighted by Crippen LogP contribution is -2.04. The van der Waals surface area contributed by atoms with Crippen molar-refractivity contribution in [2.24, 2.45) is 0 Å². The molecule has 1 aromatic carbocycles. The summed E-state index contributed by atoms with van der Waals surface area (Å²) in [6.45, 7) is 2.11. The lowest BCUT2D eigenvalue weighted by Gasteiger charge is -2.04. The molecule has 0 aliphatic carbocycles. The van der Waals surface area contributed by atoms with Gasteiger partial charge in [-0.25, -0.2) is 4.79 Å². The first kappa shape index (κ1) is 12.5. The fourth-order valence-corrected chi connectivity index (χ4v) is 1.48. The van der Waals surface area contributed by atoms with Gasteiger partial charge in [-0.15, -0.1) is 0 Å². The van der Waals surface area contributed by atoms with Crippen molar-refractivity contribution in [1.29, 1.82) is 0 Å². The lowest BCUT2D eigenvalue weighted by molar-refractivity contribution is -0.136. The minimum Gasteiger partial charge on any atom is -0.466 e. The third-order valence-corrected chi connectivity index (χ3v) is 2.39. The standard InChI is InChI=1S/C14H18O2/c1-3-4-10-13(14(15)16-2)11-12-8-6-5-7-9-12/h5-9,11H,3-4,10H2,1-2H3/b13-11+. The summed E-state index contributed by atoms with van der Waals surface area (Å²) in [5.41, 5.74) is 1.79. The maximum Gasteiger partial charge on any atom is 0.333 e. The molecule has 0 atom stereocenters. The van der Waals surface area contributed by atoms with E-state index in [1.165, 1.54) is 7.11 Å². The molecular formula is C14H18O2. The molecule has 0 N–H and O–H groups in total. The topological polar surface area (TPSA) is 26.3 Å². The molecule has 16 heavy (non-hydrogen) atoms. The number of carbonyl (C=O) groups excluding carboxylic acids is 1. The zero-order valence-corrected chi connectivity index (χ0v) is 9.90. The van der Waals surface area contributed by atoms with E-state index in [-0.39, 0.29) is 5.97 Å². The van der Waals surface area contributed by atoms with E-state index in [0.717, 1.165) is 30.4 Å². The molecule has 0 fully saturated rings. The highest BCUT2D eigenvalue weighted by Gasteiger charge is 2.08. The number of ether oxygens (including phenoxy) is 1. The van der Waals surface area contributed by atoms with E-state index in [9.17, 15) is 4.79 Å². The molecule has 0 radical (unpaired) electrons. The van der Waals surface area contributed by atoms with Crippen LogP contribution in [0.4, 0.5) is 0 Å². The Kier molecular flexibility index (Phi) is 5.34. The molecule has 0 amide bonds. The summed E-state index contributed by atoms with van der Waals surface area (Å²) in [4.78, 5) is 11.5. The Morgan fingerprint density at radius 3 is 2.56 bits per heavy atom. The number of unbranched alkanes of at least 4 members (excludes halogenated alkanes) is 1. The number of carbonyl (C=O) groups is 1. The van der Waals surface area contributed by atoms with Crippen molar-refractivity contribution in [1.82, 2.24) is 0 Å². The Hall–Kier alpha value is -1.57. The highest BCUT2D eigenvalue weighted by Crippen LogP contribution is 2.14. The van der Waals surface area contributed by atoms with E-state index < -0.39 is 0 Å². The number of hydrogen-bond acceptors (Lipinski definition) is 2. The van der Waals surface area contributed by atoms with Gasteiger partial charge in [-0.3, -0.25) is 0 Å². The van der Waals surface area contributed by atoms with Crippen molar-refractivity contribution in [3.05, 3.63) is 41.5 Å². The summed E-state index contributed by atoms with van der Waals surface area (Å²) < 4.78 is 4.77. The van der Waals surface area contributed by atoms with Crippen molar-refractivity contribution < 1.29 is 9.53 Å². The van der Waals surface area contributed by atoms with Crippen LogP contribution in [0.1, 0.15) is 31.7 Å². The van der Waals surface area contributed by atoms with E-state index >= 15 is 0 Å². The van der Waals surface area contributed by atoms with Gasteiger partial charge < -0.3 is 4.74 Å². The molecule has 0 saturated carbocycles. The van der Waals surface area contributed by atoms with Gasteiger partial charge in [-0.2, -0.15) is 0 Å². The van der Waals surface area contributed by atoms with Crippen LogP contribution in [0.5, 0.6) is 0 Å². The first-order valence-electron chi connectivity index (χ1n) is 5.62. The predicted octanol–water partition coefficient (Wildman–Crippen LogP) is 3.43. The predicted molar refractivity (Wildman–Crippen MR) is 66.0 cm³/mol. The monoisotopic (exact) mass is 218 g/mol. The minimum atomic E-state index is -0.225. The van der Waals surface area contributed by atoms with Crippen molar-refractivity contribution in [2.45, 2.75) is 26.2 Å². The van der Waals surface area contributed by atoms with Gasteiger partial charge >= 0.3 is 5.97 Å². The Balaban J connectivity index is 2.83. The highest BCUT2D eigenvalue weighted by atomic mass is 16.5. The van der Waals surface area contributed by atoms with Crippen molar-refractivity contribution in [3.8, 4) is 0 Å². The van der Waals surface area contributed by atoms with Crippen LogP contribution >= 0.6 is 0 Å². The van der Waals surface area contributed by atoms with Crippen LogP contribution < -0.4 is 0 Å². The summed E-state index contributed by atoms with van der Waals surface area (Å²) in [5.74, 6) is -0.225. The van der Waals surface area contributed by atoms with E-state index in [0.29, 0.717) is 0 Å². The summed E-state index contributed by atoms with van der Waals surface area (Å²) >= 11 is 0. The van der Waals surface area contributed by atoms with E-state index in [4.69, 9.17) is 4.74 Å². The Morgan fingerprint density at radius 1 is 1.31 bits per heavy atom. The summed E-state index contributed by atoms with van der Waals surface area (Å²) in [6, 6.07) is 9.84. The van der Waals surface area contributed by atoms with E-state index in [1.807, 2.05) is 36.4 Å². The van der Waals surface area contributed by atoms with Crippen molar-refractivity contribution in [3.63, 3.8) is 0 Å². The van der Waals surface area contributed by atoms with E-state index in [2.05, 4.69) is 6.92 Å². The molecule has 2 heteroatoms. The summed E-state index contributed by atoms with van der Waals surface area (Å²) in [5, 5.41) is 0. The van der Waals surface area contributed by atoms with Crippen LogP contribution in [0.25, 0.3) is 6.08 Å². The van der Waals surface area contributed by atoms with Gasteiger partial charge in [-0.1, -0.05) is 43.7 Å². The molecule has 1 aromatic rings. The third kappa shape index (κ3) is 3.89. The second-order valence-corrected chi connectivity index (χ2v) is 3.68. The Labute approximate surface area is 96.9 Å². The first-order valence-corrected chi connectivity index (χ1v) is 5.62. The molecule has 0 heterocycles. The number of rotatable bonds is 5. The maximum atomic E-state index is 11.5. The average molecular weight is 218 g/mol. The SMILES string of the molecule is CCCC/C(=C\c1ccccc1)C(=O)OC. The summed E-state index contributed by atoms with van der Waals surface area (Å²) in [6.07, 6.45) is 4.76. The van der Waals surface area contributed by atoms with Crippen LogP contribution in [0.2, 0.25) is 0 Å². The molecule has 0 saturated heterocycles. The fraction of sp³-hybridized carbons (Fsp3) is 0.357. The first-order chi connectivity index (χ1) is 7.77. The fourth-order valence-electron chi connectivity index (χ4n) is 1.48. The van der Waals surface area contributed by atoms with Crippen molar-refractivity contribution in [2.75, 3.05) is 7.11 Å². The van der Waals surface area contributed by atoms with Crippen LogP contribution in [0.15, 0.2) is 35.9 Å². The van der Waals surface area contributed by atoms with Gasteiger partial charge in [-0.05, 0) is 24.5 Å². The van der Waals surface area contributed by atoms with Gasteiger partial charge in [0.2, 0.25) is 0 Å². The molecule has 0 aromatic heterocycles. The molecular weight excluding hydrogens is 200 g/mol. The number of esters is 1. The van der Waals surface area contributed by atoms with Gasteiger partial charge in [0.05, 0.1) is 7.11 Å². The van der Waals surface area contributed by atoms with Gasteiger partial charge in [0, 0.05) is 5.57 Å². The Morgan fingerprint density at radius 2 is 2.00 bits per heavy atom. The normalized spacial score (nSPS) is 11.2. The molecule has 0 spiro atoms. The van der Waals surface area contributed by atoms with Crippen LogP contribution in [-0.4, -0.2) is 13.1 Å². The maximum absolute atomic E-state index is 11.5. The highest BCUT2D eigenvalue weighted by molar-refractivity contribution is 5.93. The molecule has 86 valence electrons. The molecule has 0 aliphatic rings. The smallest absolute Gasteiger partial charge is 0.333 e. The minimum absolute atomic E-state index is 0.225. The second-order valence-electron chi connectivity index (χ2n) is 3.68.